The van der Waals surface area contributed by atoms with Crippen LogP contribution in [0.5, 0.6) is 5.75 Å². The summed E-state index contributed by atoms with van der Waals surface area (Å²) in [7, 11) is -4.53. The zero-order valence-corrected chi connectivity index (χ0v) is 18.2. The van der Waals surface area contributed by atoms with Crippen molar-refractivity contribution in [3.63, 3.8) is 0 Å². The fraction of sp³-hybridized carbons (Fsp3) is 0.125. The molecule has 0 saturated carbocycles. The van der Waals surface area contributed by atoms with Crippen molar-refractivity contribution in [1.29, 1.82) is 0 Å². The Morgan fingerprint density at radius 3 is 2.47 bits per heavy atom. The van der Waals surface area contributed by atoms with Crippen molar-refractivity contribution in [3.8, 4) is 5.75 Å². The summed E-state index contributed by atoms with van der Waals surface area (Å²) in [6.07, 6.45) is -1.53. The molecule has 160 valence electrons. The first-order valence-corrected chi connectivity index (χ1v) is 10.4. The highest BCUT2D eigenvalue weighted by Gasteiger charge is 2.26. The fourth-order valence-electron chi connectivity index (χ4n) is 2.27. The van der Waals surface area contributed by atoms with Crippen molar-refractivity contribution in [2.24, 2.45) is 5.73 Å². The molecule has 2 rings (SSSR count). The Labute approximate surface area is 186 Å². The standard InChI is InChI=1S/C16H13Cl2N3O7S2/c1-8-2-5-12(14(18)13(8)17)28-30(26,27)10-4-3-9(11(6-10)21(24)25)7-20(15(19)29)16(22)23/h2-6H,7H2,1H3,(H2,19,29)(H,22,23). The number of hydrogen-bond acceptors (Lipinski definition) is 7. The molecule has 0 heterocycles. The zero-order chi connectivity index (χ0) is 22.8. The number of benzene rings is 2. The van der Waals surface area contributed by atoms with Gasteiger partial charge in [-0.3, -0.25) is 10.1 Å². The van der Waals surface area contributed by atoms with Crippen molar-refractivity contribution >= 4 is 62.4 Å². The minimum atomic E-state index is -4.53. The average molecular weight is 494 g/mol. The predicted octanol–water partition coefficient (Wildman–Crippen LogP) is 3.70. The highest BCUT2D eigenvalue weighted by molar-refractivity contribution is 7.87. The van der Waals surface area contributed by atoms with Crippen LogP contribution in [0.15, 0.2) is 35.2 Å². The molecule has 2 aromatic rings. The lowest BCUT2D eigenvalue weighted by atomic mass is 10.1. The van der Waals surface area contributed by atoms with Gasteiger partial charge < -0.3 is 15.0 Å². The van der Waals surface area contributed by atoms with Gasteiger partial charge in [-0.2, -0.15) is 8.42 Å². The number of carbonyl (C=O) groups is 1. The van der Waals surface area contributed by atoms with Crippen molar-refractivity contribution < 1.29 is 27.4 Å². The molecule has 0 aliphatic heterocycles. The molecule has 0 aliphatic rings. The monoisotopic (exact) mass is 493 g/mol. The molecule has 0 aliphatic carbocycles. The maximum atomic E-state index is 12.6. The van der Waals surface area contributed by atoms with Crippen molar-refractivity contribution in [2.45, 2.75) is 18.4 Å². The largest absolute Gasteiger partial charge is 0.465 e. The van der Waals surface area contributed by atoms with E-state index in [9.17, 15) is 23.3 Å². The Bertz CT molecular complexity index is 1140. The molecule has 10 nitrogen and oxygen atoms in total. The molecule has 0 fully saturated rings. The normalized spacial score (nSPS) is 11.0. The summed E-state index contributed by atoms with van der Waals surface area (Å²) in [4.78, 5) is 21.7. The van der Waals surface area contributed by atoms with Gasteiger partial charge in [-0.1, -0.05) is 29.3 Å². The molecule has 0 radical (unpaired) electrons. The summed E-state index contributed by atoms with van der Waals surface area (Å²) in [5.41, 5.74) is 5.09. The number of carboxylic acid groups (broad SMARTS) is 1. The number of amides is 1. The van der Waals surface area contributed by atoms with Crippen LogP contribution in [0.1, 0.15) is 11.1 Å². The lowest BCUT2D eigenvalue weighted by Crippen LogP contribution is -2.39. The van der Waals surface area contributed by atoms with Gasteiger partial charge in [-0.05, 0) is 42.9 Å². The van der Waals surface area contributed by atoms with E-state index < -0.39 is 43.4 Å². The number of halogens is 2. The third-order valence-corrected chi connectivity index (χ3v) is 6.22. The second kappa shape index (κ2) is 9.00. The quantitative estimate of drug-likeness (QED) is 0.265. The van der Waals surface area contributed by atoms with E-state index in [-0.39, 0.29) is 21.4 Å². The van der Waals surface area contributed by atoms with Crippen LogP contribution in [-0.2, 0) is 16.7 Å². The third-order valence-electron chi connectivity index (χ3n) is 3.81. The summed E-state index contributed by atoms with van der Waals surface area (Å²) in [5, 5.41) is 19.9. The Balaban J connectivity index is 2.46. The van der Waals surface area contributed by atoms with Gasteiger partial charge in [0.05, 0.1) is 16.5 Å². The average Bonchev–Trinajstić information content (AvgIpc) is 2.65. The van der Waals surface area contributed by atoms with Crippen LogP contribution in [0.2, 0.25) is 10.0 Å². The van der Waals surface area contributed by atoms with Gasteiger partial charge >= 0.3 is 16.2 Å². The third kappa shape index (κ3) is 5.08. The molecule has 3 N–H and O–H groups in total. The van der Waals surface area contributed by atoms with Crippen molar-refractivity contribution in [1.82, 2.24) is 4.90 Å². The molecule has 0 aromatic heterocycles. The highest BCUT2D eigenvalue weighted by Crippen LogP contribution is 2.36. The van der Waals surface area contributed by atoms with Crippen LogP contribution >= 0.6 is 35.4 Å². The zero-order valence-electron chi connectivity index (χ0n) is 15.0. The number of nitro benzene ring substituents is 1. The number of thiocarbonyl (C=S) groups is 1. The maximum absolute atomic E-state index is 12.6. The summed E-state index contributed by atoms with van der Waals surface area (Å²) in [5.74, 6) is -0.260. The Morgan fingerprint density at radius 1 is 1.30 bits per heavy atom. The second-order valence-electron chi connectivity index (χ2n) is 5.80. The Hall–Kier alpha value is -2.67. The molecule has 0 bridgehead atoms. The molecule has 1 amide bonds. The molecule has 14 heteroatoms. The lowest BCUT2D eigenvalue weighted by molar-refractivity contribution is -0.385. The molecule has 0 unspecified atom stereocenters. The number of hydrogen-bond donors (Lipinski definition) is 2. The van der Waals surface area contributed by atoms with Crippen LogP contribution < -0.4 is 9.92 Å². The fourth-order valence-corrected chi connectivity index (χ4v) is 3.83. The van der Waals surface area contributed by atoms with E-state index in [1.54, 1.807) is 6.92 Å². The van der Waals surface area contributed by atoms with Gasteiger partial charge in [-0.25, -0.2) is 9.69 Å². The first kappa shape index (κ1) is 23.6. The van der Waals surface area contributed by atoms with E-state index in [1.165, 1.54) is 12.1 Å². The minimum Gasteiger partial charge on any atom is -0.465 e. The SMILES string of the molecule is Cc1ccc(OS(=O)(=O)c2ccc(CN(C(=O)O)C(N)=S)c([N+](=O)[O-])c2)c(Cl)c1Cl. The van der Waals surface area contributed by atoms with Crippen LogP contribution in [-0.4, -0.2) is 34.6 Å². The van der Waals surface area contributed by atoms with Gasteiger partial charge in [0.2, 0.25) is 0 Å². The molecule has 0 spiro atoms. The van der Waals surface area contributed by atoms with E-state index in [0.29, 0.717) is 10.5 Å². The Kier molecular flexibility index (Phi) is 7.08. The molecule has 30 heavy (non-hydrogen) atoms. The topological polar surface area (TPSA) is 153 Å². The smallest absolute Gasteiger partial charge is 0.413 e. The van der Waals surface area contributed by atoms with Gasteiger partial charge in [0, 0.05) is 11.6 Å². The second-order valence-corrected chi connectivity index (χ2v) is 8.52. The summed E-state index contributed by atoms with van der Waals surface area (Å²) < 4.78 is 30.1. The molecular weight excluding hydrogens is 481 g/mol. The van der Waals surface area contributed by atoms with Crippen molar-refractivity contribution in [2.75, 3.05) is 0 Å². The van der Waals surface area contributed by atoms with Gasteiger partial charge in [0.25, 0.3) is 5.69 Å². The van der Waals surface area contributed by atoms with Gasteiger partial charge in [-0.15, -0.1) is 0 Å². The van der Waals surface area contributed by atoms with Crippen molar-refractivity contribution in [3.05, 3.63) is 61.6 Å². The summed E-state index contributed by atoms with van der Waals surface area (Å²) >= 11 is 16.6. The number of nitro groups is 1. The van der Waals surface area contributed by atoms with E-state index in [2.05, 4.69) is 12.2 Å². The first-order chi connectivity index (χ1) is 13.8. The predicted molar refractivity (Wildman–Crippen MR) is 112 cm³/mol. The molecule has 0 atom stereocenters. The van der Waals surface area contributed by atoms with Crippen LogP contribution in [0.25, 0.3) is 0 Å². The lowest BCUT2D eigenvalue weighted by Gasteiger charge is -2.17. The first-order valence-electron chi connectivity index (χ1n) is 7.81. The molecule has 2 aromatic carbocycles. The number of rotatable bonds is 6. The molecule has 0 saturated heterocycles. The number of nitrogens with zero attached hydrogens (tertiary/aromatic N) is 2. The number of aryl methyl sites for hydroxylation is 1. The number of nitrogens with two attached hydrogens (primary N) is 1. The van der Waals surface area contributed by atoms with E-state index in [1.807, 2.05) is 0 Å². The highest BCUT2D eigenvalue weighted by atomic mass is 35.5. The Morgan fingerprint density at radius 2 is 1.93 bits per heavy atom. The van der Waals surface area contributed by atoms with Crippen LogP contribution in [0, 0.1) is 17.0 Å². The van der Waals surface area contributed by atoms with E-state index in [0.717, 1.165) is 18.2 Å². The van der Waals surface area contributed by atoms with E-state index >= 15 is 0 Å². The van der Waals surface area contributed by atoms with Crippen LogP contribution in [0.3, 0.4) is 0 Å². The summed E-state index contributed by atoms with van der Waals surface area (Å²) in [6.45, 7) is 1.10. The van der Waals surface area contributed by atoms with Gasteiger partial charge in [0.1, 0.15) is 9.92 Å². The van der Waals surface area contributed by atoms with Crippen LogP contribution in [0.4, 0.5) is 10.5 Å². The van der Waals surface area contributed by atoms with E-state index in [4.69, 9.17) is 38.2 Å². The van der Waals surface area contributed by atoms with Gasteiger partial charge in [0.15, 0.2) is 10.9 Å². The summed E-state index contributed by atoms with van der Waals surface area (Å²) in [6, 6.07) is 5.58. The maximum Gasteiger partial charge on any atom is 0.413 e. The molecular formula is C16H13Cl2N3O7S2. The minimum absolute atomic E-state index is 0.0946.